The molecule has 15 heavy (non-hydrogen) atoms. The Hall–Kier alpha value is -1.84. The minimum atomic E-state index is 0.533. The second-order valence-corrected chi connectivity index (χ2v) is 3.39. The number of anilines is 1. The standard InChI is InChI=1S/C11H13N3O/c1-2-4-10-13-11(15-14-10)8-5-3-6-9(12)7-8/h3,5-7H,2,4,12H2,1H3. The van der Waals surface area contributed by atoms with Gasteiger partial charge >= 0.3 is 0 Å². The number of hydrogen-bond acceptors (Lipinski definition) is 4. The molecule has 0 spiro atoms. The smallest absolute Gasteiger partial charge is 0.257 e. The Morgan fingerprint density at radius 1 is 1.40 bits per heavy atom. The fourth-order valence-electron chi connectivity index (χ4n) is 1.37. The summed E-state index contributed by atoms with van der Waals surface area (Å²) in [4.78, 5) is 4.28. The number of benzene rings is 1. The first kappa shape index (κ1) is 9.71. The molecule has 0 fully saturated rings. The fourth-order valence-corrected chi connectivity index (χ4v) is 1.37. The van der Waals surface area contributed by atoms with Crippen LogP contribution in [0.2, 0.25) is 0 Å². The molecule has 0 bridgehead atoms. The molecule has 0 atom stereocenters. The predicted molar refractivity (Wildman–Crippen MR) is 58.1 cm³/mol. The number of aryl methyl sites for hydroxylation is 1. The number of nitrogens with zero attached hydrogens (tertiary/aromatic N) is 2. The van der Waals surface area contributed by atoms with Crippen LogP contribution in [0.3, 0.4) is 0 Å². The summed E-state index contributed by atoms with van der Waals surface area (Å²) in [6.45, 7) is 2.08. The average molecular weight is 203 g/mol. The molecule has 1 heterocycles. The SMILES string of the molecule is CCCc1noc(-c2cccc(N)c2)n1. The van der Waals surface area contributed by atoms with Crippen molar-refractivity contribution in [1.82, 2.24) is 10.1 Å². The van der Waals surface area contributed by atoms with Gasteiger partial charge in [-0.05, 0) is 24.6 Å². The molecule has 0 saturated carbocycles. The second kappa shape index (κ2) is 4.13. The summed E-state index contributed by atoms with van der Waals surface area (Å²) >= 11 is 0. The Labute approximate surface area is 88.1 Å². The van der Waals surface area contributed by atoms with E-state index >= 15 is 0 Å². The van der Waals surface area contributed by atoms with Gasteiger partial charge in [0.2, 0.25) is 0 Å². The van der Waals surface area contributed by atoms with Crippen molar-refractivity contribution in [3.8, 4) is 11.5 Å². The maximum atomic E-state index is 5.67. The van der Waals surface area contributed by atoms with Gasteiger partial charge in [0.15, 0.2) is 5.82 Å². The topological polar surface area (TPSA) is 64.9 Å². The minimum Gasteiger partial charge on any atom is -0.399 e. The Bertz CT molecular complexity index is 451. The molecule has 0 amide bonds. The van der Waals surface area contributed by atoms with Crippen molar-refractivity contribution < 1.29 is 4.52 Å². The fraction of sp³-hybridized carbons (Fsp3) is 0.273. The Morgan fingerprint density at radius 3 is 3.00 bits per heavy atom. The van der Waals surface area contributed by atoms with Crippen LogP contribution in [0.1, 0.15) is 19.2 Å². The third-order valence-corrected chi connectivity index (χ3v) is 2.08. The molecule has 78 valence electrons. The van der Waals surface area contributed by atoms with Gasteiger partial charge in [-0.3, -0.25) is 0 Å². The Balaban J connectivity index is 2.29. The highest BCUT2D eigenvalue weighted by Crippen LogP contribution is 2.19. The van der Waals surface area contributed by atoms with Crippen LogP contribution in [-0.2, 0) is 6.42 Å². The molecular formula is C11H13N3O. The zero-order valence-corrected chi connectivity index (χ0v) is 8.60. The van der Waals surface area contributed by atoms with E-state index in [-0.39, 0.29) is 0 Å². The Kier molecular flexibility index (Phi) is 2.67. The van der Waals surface area contributed by atoms with E-state index in [1.54, 1.807) is 0 Å². The van der Waals surface area contributed by atoms with Crippen molar-refractivity contribution in [2.75, 3.05) is 5.73 Å². The predicted octanol–water partition coefficient (Wildman–Crippen LogP) is 2.27. The van der Waals surface area contributed by atoms with Crippen LogP contribution in [0, 0.1) is 0 Å². The van der Waals surface area contributed by atoms with E-state index in [1.165, 1.54) is 0 Å². The molecule has 0 unspecified atom stereocenters. The zero-order valence-electron chi connectivity index (χ0n) is 8.60. The van der Waals surface area contributed by atoms with E-state index in [2.05, 4.69) is 17.1 Å². The van der Waals surface area contributed by atoms with E-state index in [4.69, 9.17) is 10.3 Å². The average Bonchev–Trinajstić information content (AvgIpc) is 2.67. The molecule has 0 aliphatic carbocycles. The lowest BCUT2D eigenvalue weighted by molar-refractivity contribution is 0.422. The van der Waals surface area contributed by atoms with Crippen molar-refractivity contribution in [1.29, 1.82) is 0 Å². The van der Waals surface area contributed by atoms with Crippen LogP contribution in [0.15, 0.2) is 28.8 Å². The first-order chi connectivity index (χ1) is 7.29. The first-order valence-electron chi connectivity index (χ1n) is 4.98. The lowest BCUT2D eigenvalue weighted by atomic mass is 10.2. The first-order valence-corrected chi connectivity index (χ1v) is 4.98. The summed E-state index contributed by atoms with van der Waals surface area (Å²) in [5, 5.41) is 3.89. The van der Waals surface area contributed by atoms with Gasteiger partial charge in [-0.25, -0.2) is 0 Å². The second-order valence-electron chi connectivity index (χ2n) is 3.39. The molecule has 1 aromatic carbocycles. The molecule has 1 aromatic heterocycles. The van der Waals surface area contributed by atoms with Gasteiger partial charge in [0.25, 0.3) is 5.89 Å². The van der Waals surface area contributed by atoms with Crippen molar-refractivity contribution in [2.24, 2.45) is 0 Å². The van der Waals surface area contributed by atoms with Crippen LogP contribution in [0.4, 0.5) is 5.69 Å². The summed E-state index contributed by atoms with van der Waals surface area (Å²) in [5.74, 6) is 1.28. The van der Waals surface area contributed by atoms with E-state index in [9.17, 15) is 0 Å². The molecule has 0 saturated heterocycles. The van der Waals surface area contributed by atoms with Gasteiger partial charge in [-0.15, -0.1) is 0 Å². The molecule has 4 heteroatoms. The highest BCUT2D eigenvalue weighted by molar-refractivity contribution is 5.59. The molecular weight excluding hydrogens is 190 g/mol. The molecule has 0 radical (unpaired) electrons. The molecule has 2 N–H and O–H groups in total. The lowest BCUT2D eigenvalue weighted by Crippen LogP contribution is -1.87. The van der Waals surface area contributed by atoms with Gasteiger partial charge < -0.3 is 10.3 Å². The van der Waals surface area contributed by atoms with Crippen LogP contribution >= 0.6 is 0 Å². The van der Waals surface area contributed by atoms with Gasteiger partial charge in [-0.1, -0.05) is 18.1 Å². The summed E-state index contributed by atoms with van der Waals surface area (Å²) in [5.41, 5.74) is 7.23. The van der Waals surface area contributed by atoms with E-state index in [1.807, 2.05) is 24.3 Å². The van der Waals surface area contributed by atoms with Crippen molar-refractivity contribution in [3.63, 3.8) is 0 Å². The highest BCUT2D eigenvalue weighted by atomic mass is 16.5. The summed E-state index contributed by atoms with van der Waals surface area (Å²) in [6, 6.07) is 7.42. The van der Waals surface area contributed by atoms with Crippen LogP contribution in [0.5, 0.6) is 0 Å². The molecule has 2 rings (SSSR count). The Morgan fingerprint density at radius 2 is 2.27 bits per heavy atom. The number of aromatic nitrogens is 2. The normalized spacial score (nSPS) is 10.5. The number of hydrogen-bond donors (Lipinski definition) is 1. The summed E-state index contributed by atoms with van der Waals surface area (Å²) in [7, 11) is 0. The van der Waals surface area contributed by atoms with Gasteiger partial charge in [0, 0.05) is 17.7 Å². The molecule has 0 aliphatic rings. The molecule has 4 nitrogen and oxygen atoms in total. The number of nitrogen functional groups attached to an aromatic ring is 1. The maximum absolute atomic E-state index is 5.67. The van der Waals surface area contributed by atoms with Crippen LogP contribution < -0.4 is 5.73 Å². The largest absolute Gasteiger partial charge is 0.399 e. The van der Waals surface area contributed by atoms with Crippen molar-refractivity contribution in [2.45, 2.75) is 19.8 Å². The van der Waals surface area contributed by atoms with E-state index in [0.29, 0.717) is 11.6 Å². The molecule has 2 aromatic rings. The minimum absolute atomic E-state index is 0.533. The van der Waals surface area contributed by atoms with Gasteiger partial charge in [0.1, 0.15) is 0 Å². The zero-order chi connectivity index (χ0) is 10.7. The van der Waals surface area contributed by atoms with E-state index < -0.39 is 0 Å². The number of nitrogens with two attached hydrogens (primary N) is 1. The molecule has 0 aliphatic heterocycles. The summed E-state index contributed by atoms with van der Waals surface area (Å²) < 4.78 is 5.14. The van der Waals surface area contributed by atoms with Crippen LogP contribution in [-0.4, -0.2) is 10.1 Å². The highest BCUT2D eigenvalue weighted by Gasteiger charge is 2.07. The summed E-state index contributed by atoms with van der Waals surface area (Å²) in [6.07, 6.45) is 1.85. The van der Waals surface area contributed by atoms with Gasteiger partial charge in [0.05, 0.1) is 0 Å². The lowest BCUT2D eigenvalue weighted by Gasteiger charge is -1.94. The third kappa shape index (κ3) is 2.15. The number of rotatable bonds is 3. The third-order valence-electron chi connectivity index (χ3n) is 2.08. The van der Waals surface area contributed by atoms with E-state index in [0.717, 1.165) is 24.2 Å². The van der Waals surface area contributed by atoms with Crippen molar-refractivity contribution >= 4 is 5.69 Å². The monoisotopic (exact) mass is 203 g/mol. The quantitative estimate of drug-likeness (QED) is 0.777. The maximum Gasteiger partial charge on any atom is 0.257 e. The van der Waals surface area contributed by atoms with Gasteiger partial charge in [-0.2, -0.15) is 4.98 Å². The van der Waals surface area contributed by atoms with Crippen molar-refractivity contribution in [3.05, 3.63) is 30.1 Å². The van der Waals surface area contributed by atoms with Crippen LogP contribution in [0.25, 0.3) is 11.5 Å².